The maximum absolute atomic E-state index is 13.1. The lowest BCUT2D eigenvalue weighted by molar-refractivity contribution is 0.0941. The lowest BCUT2D eigenvalue weighted by Gasteiger charge is -2.20. The molecule has 1 atom stereocenters. The van der Waals surface area contributed by atoms with Gasteiger partial charge in [0.1, 0.15) is 23.4 Å². The molecule has 0 aliphatic heterocycles. The molecule has 2 aromatic carbocycles. The van der Waals surface area contributed by atoms with Crippen molar-refractivity contribution in [2.24, 2.45) is 7.05 Å². The van der Waals surface area contributed by atoms with E-state index in [2.05, 4.69) is 15.0 Å². The van der Waals surface area contributed by atoms with Crippen molar-refractivity contribution in [1.29, 1.82) is 5.26 Å². The fourth-order valence-corrected chi connectivity index (χ4v) is 4.30. The van der Waals surface area contributed by atoms with E-state index < -0.39 is 22.0 Å². The second-order valence-corrected chi connectivity index (χ2v) is 9.05. The molecule has 2 N–H and O–H groups in total. The minimum atomic E-state index is -3.77. The van der Waals surface area contributed by atoms with E-state index in [-0.39, 0.29) is 23.4 Å². The van der Waals surface area contributed by atoms with Crippen LogP contribution in [0, 0.1) is 11.3 Å². The van der Waals surface area contributed by atoms with E-state index >= 15 is 0 Å². The third kappa shape index (κ3) is 5.72. The van der Waals surface area contributed by atoms with E-state index in [0.29, 0.717) is 22.9 Å². The predicted octanol–water partition coefficient (Wildman–Crippen LogP) is 2.15. The largest absolute Gasteiger partial charge is 0.497 e. The Kier molecular flexibility index (Phi) is 7.88. The number of nitrogens with zero attached hydrogens (tertiary/aromatic N) is 3. The number of hydrogen-bond donors (Lipinski definition) is 2. The minimum absolute atomic E-state index is 0.000160. The highest BCUT2D eigenvalue weighted by molar-refractivity contribution is 7.89. The summed E-state index contributed by atoms with van der Waals surface area (Å²) < 4.78 is 39.5. The standard InChI is InChI=1S/C23H25N5O5S/c1-28-12-11-25-22(28)21(17-13-18(32-2)15-19(14-17)33-3)27-23(29)16-5-7-20(8-6-16)34(30,31)26-10-4-9-24/h5-8,11-15,21,26H,4,10H2,1-3H3,(H,27,29). The zero-order valence-corrected chi connectivity index (χ0v) is 19.8. The fraction of sp³-hybridized carbons (Fsp3) is 0.261. The Balaban J connectivity index is 1.89. The first-order chi connectivity index (χ1) is 16.3. The Bertz CT molecular complexity index is 1270. The van der Waals surface area contributed by atoms with Crippen molar-refractivity contribution < 1.29 is 22.7 Å². The van der Waals surface area contributed by atoms with Gasteiger partial charge in [0.25, 0.3) is 5.91 Å². The number of hydrogen-bond acceptors (Lipinski definition) is 7. The molecular weight excluding hydrogens is 458 g/mol. The van der Waals surface area contributed by atoms with Crippen LogP contribution in [0.4, 0.5) is 0 Å². The van der Waals surface area contributed by atoms with Crippen LogP contribution in [-0.4, -0.2) is 44.6 Å². The van der Waals surface area contributed by atoms with Gasteiger partial charge >= 0.3 is 0 Å². The zero-order chi connectivity index (χ0) is 24.7. The highest BCUT2D eigenvalue weighted by atomic mass is 32.2. The molecule has 0 aliphatic rings. The minimum Gasteiger partial charge on any atom is -0.497 e. The SMILES string of the molecule is COc1cc(OC)cc(C(NC(=O)c2ccc(S(=O)(=O)NCCC#N)cc2)c2nccn2C)c1. The molecule has 3 rings (SSSR count). The molecule has 0 saturated heterocycles. The molecular formula is C23H25N5O5S. The van der Waals surface area contributed by atoms with Gasteiger partial charge in [0, 0.05) is 44.0 Å². The number of aryl methyl sites for hydroxylation is 1. The summed E-state index contributed by atoms with van der Waals surface area (Å²) in [6, 6.07) is 12.1. The second kappa shape index (κ2) is 10.8. The second-order valence-electron chi connectivity index (χ2n) is 7.28. The average Bonchev–Trinajstić information content (AvgIpc) is 3.27. The number of amides is 1. The van der Waals surface area contributed by atoms with Gasteiger partial charge < -0.3 is 19.4 Å². The molecule has 0 fully saturated rings. The van der Waals surface area contributed by atoms with Crippen LogP contribution in [0.25, 0.3) is 0 Å². The van der Waals surface area contributed by atoms with Crippen molar-refractivity contribution in [2.75, 3.05) is 20.8 Å². The number of nitriles is 1. The first kappa shape index (κ1) is 24.8. The van der Waals surface area contributed by atoms with E-state index in [0.717, 1.165) is 0 Å². The van der Waals surface area contributed by atoms with Crippen LogP contribution < -0.4 is 19.5 Å². The van der Waals surface area contributed by atoms with E-state index in [1.807, 2.05) is 13.1 Å². The Hall–Kier alpha value is -3.88. The summed E-state index contributed by atoms with van der Waals surface area (Å²) in [6.45, 7) is 0.0103. The van der Waals surface area contributed by atoms with Crippen LogP contribution in [-0.2, 0) is 17.1 Å². The lowest BCUT2D eigenvalue weighted by Crippen LogP contribution is -2.31. The summed E-state index contributed by atoms with van der Waals surface area (Å²) in [5.41, 5.74) is 0.963. The molecule has 34 heavy (non-hydrogen) atoms. The molecule has 0 bridgehead atoms. The summed E-state index contributed by atoms with van der Waals surface area (Å²) in [4.78, 5) is 17.5. The fourth-order valence-electron chi connectivity index (χ4n) is 3.27. The summed E-state index contributed by atoms with van der Waals surface area (Å²) in [7, 11) is 1.12. The quantitative estimate of drug-likeness (QED) is 0.422. The molecule has 10 nitrogen and oxygen atoms in total. The number of nitrogens with one attached hydrogen (secondary N) is 2. The summed E-state index contributed by atoms with van der Waals surface area (Å²) >= 11 is 0. The third-order valence-corrected chi connectivity index (χ3v) is 6.53. The van der Waals surface area contributed by atoms with Gasteiger partial charge in [-0.3, -0.25) is 4.79 Å². The Labute approximate surface area is 198 Å². The number of benzene rings is 2. The van der Waals surface area contributed by atoms with Gasteiger partial charge in [-0.1, -0.05) is 0 Å². The summed E-state index contributed by atoms with van der Waals surface area (Å²) in [5.74, 6) is 1.28. The number of aromatic nitrogens is 2. The van der Waals surface area contributed by atoms with Crippen LogP contribution in [0.5, 0.6) is 11.5 Å². The van der Waals surface area contributed by atoms with Crippen LogP contribution >= 0.6 is 0 Å². The van der Waals surface area contributed by atoms with Crippen LogP contribution in [0.3, 0.4) is 0 Å². The van der Waals surface area contributed by atoms with E-state index in [1.54, 1.807) is 35.2 Å². The number of sulfonamides is 1. The molecule has 1 heterocycles. The Morgan fingerprint density at radius 3 is 2.32 bits per heavy atom. The van der Waals surface area contributed by atoms with Crippen molar-refractivity contribution >= 4 is 15.9 Å². The molecule has 0 saturated carbocycles. The summed E-state index contributed by atoms with van der Waals surface area (Å²) in [5, 5.41) is 11.5. The number of imidazole rings is 1. The normalized spacial score (nSPS) is 11.9. The molecule has 0 spiro atoms. The summed E-state index contributed by atoms with van der Waals surface area (Å²) in [6.07, 6.45) is 3.46. The maximum atomic E-state index is 13.1. The first-order valence-electron chi connectivity index (χ1n) is 10.3. The molecule has 1 amide bonds. The van der Waals surface area contributed by atoms with Gasteiger partial charge in [-0.25, -0.2) is 18.1 Å². The number of ether oxygens (including phenoxy) is 2. The third-order valence-electron chi connectivity index (χ3n) is 5.05. The molecule has 0 aliphatic carbocycles. The van der Waals surface area contributed by atoms with E-state index in [1.165, 1.54) is 38.5 Å². The molecule has 0 radical (unpaired) electrons. The molecule has 11 heteroatoms. The van der Waals surface area contributed by atoms with E-state index in [9.17, 15) is 13.2 Å². The molecule has 3 aromatic rings. The van der Waals surface area contributed by atoms with E-state index in [4.69, 9.17) is 14.7 Å². The van der Waals surface area contributed by atoms with Crippen LogP contribution in [0.2, 0.25) is 0 Å². The highest BCUT2D eigenvalue weighted by Gasteiger charge is 2.23. The first-order valence-corrected chi connectivity index (χ1v) is 11.7. The number of rotatable bonds is 10. The lowest BCUT2D eigenvalue weighted by atomic mass is 10.0. The average molecular weight is 484 g/mol. The van der Waals surface area contributed by atoms with Crippen LogP contribution in [0.15, 0.2) is 59.8 Å². The predicted molar refractivity (Wildman–Crippen MR) is 124 cm³/mol. The van der Waals surface area contributed by atoms with Crippen LogP contribution in [0.1, 0.15) is 34.2 Å². The molecule has 1 aromatic heterocycles. The number of carbonyl (C=O) groups excluding carboxylic acids is 1. The van der Waals surface area contributed by atoms with Gasteiger partial charge in [0.05, 0.1) is 25.2 Å². The van der Waals surface area contributed by atoms with Gasteiger partial charge in [0.15, 0.2) is 0 Å². The number of methoxy groups -OCH3 is 2. The van der Waals surface area contributed by atoms with Gasteiger partial charge in [-0.05, 0) is 42.0 Å². The smallest absolute Gasteiger partial charge is 0.252 e. The monoisotopic (exact) mass is 483 g/mol. The van der Waals surface area contributed by atoms with Gasteiger partial charge in [0.2, 0.25) is 10.0 Å². The zero-order valence-electron chi connectivity index (χ0n) is 19.0. The highest BCUT2D eigenvalue weighted by Crippen LogP contribution is 2.29. The molecule has 178 valence electrons. The van der Waals surface area contributed by atoms with Crippen molar-refractivity contribution in [1.82, 2.24) is 19.6 Å². The van der Waals surface area contributed by atoms with Crippen molar-refractivity contribution in [3.63, 3.8) is 0 Å². The van der Waals surface area contributed by atoms with Crippen molar-refractivity contribution in [3.05, 3.63) is 71.8 Å². The maximum Gasteiger partial charge on any atom is 0.252 e. The Morgan fingerprint density at radius 1 is 1.15 bits per heavy atom. The molecule has 1 unspecified atom stereocenters. The topological polar surface area (TPSA) is 135 Å². The van der Waals surface area contributed by atoms with Crippen molar-refractivity contribution in [3.8, 4) is 17.6 Å². The Morgan fingerprint density at radius 2 is 1.79 bits per heavy atom. The van der Waals surface area contributed by atoms with Crippen molar-refractivity contribution in [2.45, 2.75) is 17.4 Å². The van der Waals surface area contributed by atoms with Gasteiger partial charge in [-0.15, -0.1) is 0 Å². The number of carbonyl (C=O) groups is 1. The van der Waals surface area contributed by atoms with Gasteiger partial charge in [-0.2, -0.15) is 5.26 Å².